The number of primary sulfonamides is 1. The Morgan fingerprint density at radius 3 is 2.29 bits per heavy atom. The molecular formula is C19H18BrN3O4S. The van der Waals surface area contributed by atoms with Crippen molar-refractivity contribution in [2.24, 2.45) is 11.1 Å². The highest BCUT2D eigenvalue weighted by Crippen LogP contribution is 2.39. The van der Waals surface area contributed by atoms with Crippen LogP contribution in [0.3, 0.4) is 0 Å². The number of rotatable bonds is 6. The summed E-state index contributed by atoms with van der Waals surface area (Å²) in [5.41, 5.74) is 2.78. The molecule has 0 bridgehead atoms. The summed E-state index contributed by atoms with van der Waals surface area (Å²) in [6, 6.07) is 15.4. The molecule has 7 nitrogen and oxygen atoms in total. The summed E-state index contributed by atoms with van der Waals surface area (Å²) in [7, 11) is -3.83. The van der Waals surface area contributed by atoms with Gasteiger partial charge in [-0.3, -0.25) is 9.89 Å². The summed E-state index contributed by atoms with van der Waals surface area (Å²) in [4.78, 5) is 11.7. The Morgan fingerprint density at radius 1 is 1.14 bits per heavy atom. The lowest BCUT2D eigenvalue weighted by Crippen LogP contribution is -2.21. The van der Waals surface area contributed by atoms with E-state index in [1.807, 2.05) is 30.3 Å². The van der Waals surface area contributed by atoms with Crippen molar-refractivity contribution in [1.82, 2.24) is 10.2 Å². The third-order valence-electron chi connectivity index (χ3n) is 4.55. The quantitative estimate of drug-likeness (QED) is 0.516. The first kappa shape index (κ1) is 20.2. The fraction of sp³-hybridized carbons (Fsp3) is 0.158. The number of hydrogen-bond donors (Lipinski definition) is 3. The number of nitrogens with zero attached hydrogens (tertiary/aromatic N) is 1. The van der Waals surface area contributed by atoms with E-state index in [4.69, 9.17) is 5.14 Å². The Kier molecular flexibility index (Phi) is 5.69. The molecule has 2 aromatic carbocycles. The van der Waals surface area contributed by atoms with Crippen LogP contribution >= 0.6 is 15.9 Å². The number of benzene rings is 2. The van der Waals surface area contributed by atoms with Crippen LogP contribution in [0.25, 0.3) is 11.3 Å². The molecule has 0 fully saturated rings. The van der Waals surface area contributed by atoms with Crippen molar-refractivity contribution in [3.8, 4) is 11.3 Å². The maximum atomic E-state index is 11.7. The van der Waals surface area contributed by atoms with Crippen LogP contribution in [0.2, 0.25) is 0 Å². The van der Waals surface area contributed by atoms with E-state index in [2.05, 4.69) is 26.1 Å². The molecule has 9 heteroatoms. The molecule has 4 N–H and O–H groups in total. The molecular weight excluding hydrogens is 446 g/mol. The molecule has 146 valence electrons. The number of carbonyl (C=O) groups is 1. The molecule has 1 heterocycles. The second-order valence-corrected chi connectivity index (χ2v) is 8.74. The van der Waals surface area contributed by atoms with Gasteiger partial charge < -0.3 is 5.11 Å². The Bertz CT molecular complexity index is 1100. The van der Waals surface area contributed by atoms with E-state index in [1.165, 1.54) is 12.1 Å². The van der Waals surface area contributed by atoms with Crippen molar-refractivity contribution in [2.45, 2.75) is 17.7 Å². The monoisotopic (exact) mass is 463 g/mol. The van der Waals surface area contributed by atoms with Gasteiger partial charge in [0.1, 0.15) is 0 Å². The molecule has 3 aromatic rings. The third-order valence-corrected chi connectivity index (χ3v) is 6.28. The predicted molar refractivity (Wildman–Crippen MR) is 108 cm³/mol. The molecule has 0 aliphatic heterocycles. The highest BCUT2D eigenvalue weighted by atomic mass is 79.9. The van der Waals surface area contributed by atoms with Crippen molar-refractivity contribution < 1.29 is 18.3 Å². The van der Waals surface area contributed by atoms with Crippen LogP contribution in [0.4, 0.5) is 0 Å². The van der Waals surface area contributed by atoms with Crippen LogP contribution in [0.1, 0.15) is 24.1 Å². The summed E-state index contributed by atoms with van der Waals surface area (Å²) in [5, 5.41) is 22.1. The normalized spacial score (nSPS) is 13.8. The van der Waals surface area contributed by atoms with Crippen molar-refractivity contribution in [3.63, 3.8) is 0 Å². The number of H-pyrrole nitrogens is 1. The zero-order valence-electron chi connectivity index (χ0n) is 14.8. The minimum absolute atomic E-state index is 0.0379. The number of hydrogen-bond acceptors (Lipinski definition) is 4. The minimum atomic E-state index is -3.83. The number of aromatic amines is 1. The molecule has 3 rings (SSSR count). The third kappa shape index (κ3) is 4.01. The predicted octanol–water partition coefficient (Wildman–Crippen LogP) is 3.34. The van der Waals surface area contributed by atoms with Crippen molar-refractivity contribution in [3.05, 3.63) is 70.3 Å². The molecule has 28 heavy (non-hydrogen) atoms. The number of aromatic nitrogens is 2. The van der Waals surface area contributed by atoms with Gasteiger partial charge in [-0.25, -0.2) is 13.6 Å². The number of aliphatic carboxylic acids is 1. The summed E-state index contributed by atoms with van der Waals surface area (Å²) < 4.78 is 23.7. The van der Waals surface area contributed by atoms with E-state index in [-0.39, 0.29) is 4.90 Å². The summed E-state index contributed by atoms with van der Waals surface area (Å²) in [5.74, 6) is -2.39. The smallest absolute Gasteiger partial charge is 0.307 e. The lowest BCUT2D eigenvalue weighted by atomic mass is 9.84. The number of carboxylic acid groups (broad SMARTS) is 1. The number of halogens is 1. The summed E-state index contributed by atoms with van der Waals surface area (Å²) >= 11 is 3.55. The second-order valence-electron chi connectivity index (χ2n) is 6.38. The standard InChI is InChI=1S/C19H18BrN3O4S/c1-11(19(24)25)15(12-7-9-14(10-8-12)28(21,26)27)18-16(20)17(22-23-18)13-5-3-2-4-6-13/h2-11,15H,1H3,(H,22,23)(H,24,25)(H2,21,26,27). The van der Waals surface area contributed by atoms with Gasteiger partial charge >= 0.3 is 5.97 Å². The molecule has 1 aromatic heterocycles. The van der Waals surface area contributed by atoms with Crippen LogP contribution in [-0.2, 0) is 14.8 Å². The average Bonchev–Trinajstić information content (AvgIpc) is 3.03. The summed E-state index contributed by atoms with van der Waals surface area (Å²) in [6.45, 7) is 1.59. The number of sulfonamides is 1. The molecule has 2 atom stereocenters. The van der Waals surface area contributed by atoms with Crippen LogP contribution < -0.4 is 5.14 Å². The lowest BCUT2D eigenvalue weighted by molar-refractivity contribution is -0.141. The summed E-state index contributed by atoms with van der Waals surface area (Å²) in [6.07, 6.45) is 0. The molecule has 0 saturated carbocycles. The second kappa shape index (κ2) is 7.86. The molecule has 0 radical (unpaired) electrons. The first-order chi connectivity index (χ1) is 13.2. The number of carboxylic acids is 1. The SMILES string of the molecule is CC(C(=O)O)C(c1ccc(S(N)(=O)=O)cc1)c1n[nH]c(-c2ccccc2)c1Br. The number of nitrogens with one attached hydrogen (secondary N) is 1. The highest BCUT2D eigenvalue weighted by molar-refractivity contribution is 9.10. The Labute approximate surface area is 170 Å². The van der Waals surface area contributed by atoms with E-state index >= 15 is 0 Å². The van der Waals surface area contributed by atoms with Crippen LogP contribution in [-0.4, -0.2) is 29.7 Å². The van der Waals surface area contributed by atoms with Crippen LogP contribution in [0.5, 0.6) is 0 Å². The van der Waals surface area contributed by atoms with Gasteiger partial charge in [-0.05, 0) is 33.6 Å². The maximum Gasteiger partial charge on any atom is 0.307 e. The van der Waals surface area contributed by atoms with E-state index in [9.17, 15) is 18.3 Å². The van der Waals surface area contributed by atoms with Gasteiger partial charge in [-0.2, -0.15) is 5.10 Å². The topological polar surface area (TPSA) is 126 Å². The van der Waals surface area contributed by atoms with Gasteiger partial charge in [0, 0.05) is 11.5 Å². The van der Waals surface area contributed by atoms with E-state index in [1.54, 1.807) is 19.1 Å². The van der Waals surface area contributed by atoms with Gasteiger partial charge in [0.2, 0.25) is 10.0 Å². The van der Waals surface area contributed by atoms with Crippen LogP contribution in [0, 0.1) is 5.92 Å². The molecule has 0 spiro atoms. The molecule has 2 unspecified atom stereocenters. The highest BCUT2D eigenvalue weighted by Gasteiger charge is 2.32. The van der Waals surface area contributed by atoms with E-state index < -0.39 is 27.8 Å². The Balaban J connectivity index is 2.10. The lowest BCUT2D eigenvalue weighted by Gasteiger charge is -2.20. The molecule has 0 amide bonds. The zero-order valence-corrected chi connectivity index (χ0v) is 17.2. The molecule has 0 aliphatic carbocycles. The molecule has 0 saturated heterocycles. The fourth-order valence-electron chi connectivity index (χ4n) is 3.04. The average molecular weight is 464 g/mol. The van der Waals surface area contributed by atoms with Gasteiger partial charge in [0.05, 0.1) is 26.7 Å². The van der Waals surface area contributed by atoms with Crippen molar-refractivity contribution in [2.75, 3.05) is 0 Å². The first-order valence-electron chi connectivity index (χ1n) is 8.35. The van der Waals surface area contributed by atoms with E-state index in [0.717, 1.165) is 11.3 Å². The first-order valence-corrected chi connectivity index (χ1v) is 10.7. The fourth-order valence-corrected chi connectivity index (χ4v) is 4.20. The Hall–Kier alpha value is -2.49. The van der Waals surface area contributed by atoms with Crippen LogP contribution in [0.15, 0.2) is 64.0 Å². The van der Waals surface area contributed by atoms with Gasteiger partial charge in [0.25, 0.3) is 0 Å². The van der Waals surface area contributed by atoms with E-state index in [0.29, 0.717) is 15.7 Å². The minimum Gasteiger partial charge on any atom is -0.481 e. The zero-order chi connectivity index (χ0) is 20.5. The van der Waals surface area contributed by atoms with Crippen molar-refractivity contribution in [1.29, 1.82) is 0 Å². The number of nitrogens with two attached hydrogens (primary N) is 1. The Morgan fingerprint density at radius 2 is 1.75 bits per heavy atom. The maximum absolute atomic E-state index is 11.7. The van der Waals surface area contributed by atoms with Gasteiger partial charge in [-0.15, -0.1) is 0 Å². The largest absolute Gasteiger partial charge is 0.481 e. The van der Waals surface area contributed by atoms with Crippen molar-refractivity contribution >= 4 is 31.9 Å². The molecule has 0 aliphatic rings. The van der Waals surface area contributed by atoms with Gasteiger partial charge in [-0.1, -0.05) is 49.4 Å². The van der Waals surface area contributed by atoms with Gasteiger partial charge in [0.15, 0.2) is 0 Å².